The first kappa shape index (κ1) is 14.1. The van der Waals surface area contributed by atoms with Crippen LogP contribution in [0.25, 0.3) is 0 Å². The molecular formula is C16H15IO2. The summed E-state index contributed by atoms with van der Waals surface area (Å²) in [5, 5.41) is 0. The molecule has 1 aromatic carbocycles. The summed E-state index contributed by atoms with van der Waals surface area (Å²) in [4.78, 5) is 12.1. The van der Waals surface area contributed by atoms with Crippen LogP contribution < -0.4 is 0 Å². The standard InChI is InChI=1S/C16H15IO2/c1-19-16(18)15(12-6-4-2-3-5-7-12)13-8-10-14(17)11-9-13/h2-12,15H,1H3/t15-/m1/s1. The van der Waals surface area contributed by atoms with Crippen molar-refractivity contribution < 1.29 is 9.53 Å². The molecule has 0 radical (unpaired) electrons. The molecule has 2 rings (SSSR count). The van der Waals surface area contributed by atoms with Gasteiger partial charge in [0.1, 0.15) is 0 Å². The zero-order valence-electron chi connectivity index (χ0n) is 10.6. The van der Waals surface area contributed by atoms with Gasteiger partial charge >= 0.3 is 5.97 Å². The van der Waals surface area contributed by atoms with E-state index in [4.69, 9.17) is 4.74 Å². The third kappa shape index (κ3) is 3.56. The number of halogens is 1. The second kappa shape index (κ2) is 6.70. The van der Waals surface area contributed by atoms with Gasteiger partial charge in [0.05, 0.1) is 13.0 Å². The van der Waals surface area contributed by atoms with Crippen molar-refractivity contribution in [2.24, 2.45) is 5.92 Å². The van der Waals surface area contributed by atoms with E-state index >= 15 is 0 Å². The third-order valence-electron chi connectivity index (χ3n) is 3.07. The lowest BCUT2D eigenvalue weighted by molar-refractivity contribution is -0.143. The molecule has 0 aromatic heterocycles. The van der Waals surface area contributed by atoms with Crippen LogP contribution >= 0.6 is 22.6 Å². The van der Waals surface area contributed by atoms with E-state index in [0.717, 1.165) is 9.13 Å². The molecule has 0 fully saturated rings. The highest BCUT2D eigenvalue weighted by atomic mass is 127. The Morgan fingerprint density at radius 1 is 1.11 bits per heavy atom. The van der Waals surface area contributed by atoms with Crippen molar-refractivity contribution in [1.29, 1.82) is 0 Å². The molecular weight excluding hydrogens is 351 g/mol. The van der Waals surface area contributed by atoms with E-state index in [1.54, 1.807) is 0 Å². The van der Waals surface area contributed by atoms with Gasteiger partial charge in [-0.1, -0.05) is 48.6 Å². The van der Waals surface area contributed by atoms with Gasteiger partial charge in [-0.3, -0.25) is 4.79 Å². The first-order chi connectivity index (χ1) is 9.22. The van der Waals surface area contributed by atoms with E-state index < -0.39 is 0 Å². The van der Waals surface area contributed by atoms with Gasteiger partial charge in [-0.2, -0.15) is 0 Å². The zero-order chi connectivity index (χ0) is 13.7. The van der Waals surface area contributed by atoms with Crippen LogP contribution in [0.3, 0.4) is 0 Å². The Kier molecular flexibility index (Phi) is 4.96. The van der Waals surface area contributed by atoms with E-state index in [-0.39, 0.29) is 17.8 Å². The third-order valence-corrected chi connectivity index (χ3v) is 3.79. The molecule has 0 N–H and O–H groups in total. The predicted octanol–water partition coefficient (Wildman–Crippen LogP) is 3.85. The number of methoxy groups -OCH3 is 1. The number of benzene rings is 1. The zero-order valence-corrected chi connectivity index (χ0v) is 12.8. The lowest BCUT2D eigenvalue weighted by atomic mass is 9.85. The summed E-state index contributed by atoms with van der Waals surface area (Å²) in [6.45, 7) is 0. The van der Waals surface area contributed by atoms with Crippen LogP contribution in [0.2, 0.25) is 0 Å². The number of esters is 1. The number of allylic oxidation sites excluding steroid dienone is 6. The maximum atomic E-state index is 12.1. The van der Waals surface area contributed by atoms with Crippen LogP contribution in [-0.2, 0) is 9.53 Å². The molecule has 0 amide bonds. The van der Waals surface area contributed by atoms with E-state index in [0.29, 0.717) is 0 Å². The molecule has 0 bridgehead atoms. The maximum absolute atomic E-state index is 12.1. The van der Waals surface area contributed by atoms with Crippen LogP contribution in [-0.4, -0.2) is 13.1 Å². The molecule has 0 aliphatic heterocycles. The minimum Gasteiger partial charge on any atom is -0.469 e. The van der Waals surface area contributed by atoms with Gasteiger partial charge in [0, 0.05) is 9.49 Å². The van der Waals surface area contributed by atoms with Crippen LogP contribution in [0.4, 0.5) is 0 Å². The molecule has 0 saturated heterocycles. The Morgan fingerprint density at radius 2 is 1.68 bits per heavy atom. The molecule has 0 saturated carbocycles. The molecule has 1 aromatic rings. The van der Waals surface area contributed by atoms with E-state index in [1.165, 1.54) is 7.11 Å². The highest BCUT2D eigenvalue weighted by molar-refractivity contribution is 14.1. The summed E-state index contributed by atoms with van der Waals surface area (Å²) in [5.74, 6) is -0.487. The first-order valence-corrected chi connectivity index (χ1v) is 7.15. The smallest absolute Gasteiger partial charge is 0.314 e. The Labute approximate surface area is 127 Å². The number of ether oxygens (including phenoxy) is 1. The van der Waals surface area contributed by atoms with Crippen molar-refractivity contribution in [3.05, 3.63) is 69.9 Å². The fourth-order valence-electron chi connectivity index (χ4n) is 2.11. The van der Waals surface area contributed by atoms with Gasteiger partial charge < -0.3 is 4.74 Å². The number of rotatable bonds is 3. The largest absolute Gasteiger partial charge is 0.469 e. The van der Waals surface area contributed by atoms with Crippen LogP contribution in [0, 0.1) is 9.49 Å². The summed E-state index contributed by atoms with van der Waals surface area (Å²) < 4.78 is 6.11. The van der Waals surface area contributed by atoms with Crippen molar-refractivity contribution in [3.63, 3.8) is 0 Å². The predicted molar refractivity (Wildman–Crippen MR) is 84.8 cm³/mol. The highest BCUT2D eigenvalue weighted by Crippen LogP contribution is 2.29. The van der Waals surface area contributed by atoms with Crippen LogP contribution in [0.1, 0.15) is 11.5 Å². The maximum Gasteiger partial charge on any atom is 0.314 e. The van der Waals surface area contributed by atoms with E-state index in [1.807, 2.05) is 60.7 Å². The summed E-state index contributed by atoms with van der Waals surface area (Å²) >= 11 is 2.25. The number of carbonyl (C=O) groups excluding carboxylic acids is 1. The van der Waals surface area contributed by atoms with Gasteiger partial charge in [0.25, 0.3) is 0 Å². The minimum atomic E-state index is -0.297. The molecule has 0 heterocycles. The summed E-state index contributed by atoms with van der Waals surface area (Å²) in [5.41, 5.74) is 0.980. The fourth-order valence-corrected chi connectivity index (χ4v) is 2.47. The quantitative estimate of drug-likeness (QED) is 0.600. The van der Waals surface area contributed by atoms with Gasteiger partial charge in [0.2, 0.25) is 0 Å². The molecule has 1 aliphatic rings. The van der Waals surface area contributed by atoms with Crippen molar-refractivity contribution in [2.45, 2.75) is 5.92 Å². The highest BCUT2D eigenvalue weighted by Gasteiger charge is 2.27. The Morgan fingerprint density at radius 3 is 2.21 bits per heavy atom. The SMILES string of the molecule is COC(=O)[C@@H](c1ccc(I)cc1)C1C=CC=CC=C1. The normalized spacial score (nSPS) is 16.1. The van der Waals surface area contributed by atoms with Crippen molar-refractivity contribution in [1.82, 2.24) is 0 Å². The lowest BCUT2D eigenvalue weighted by Gasteiger charge is -2.20. The molecule has 2 nitrogen and oxygen atoms in total. The van der Waals surface area contributed by atoms with E-state index in [9.17, 15) is 4.79 Å². The number of carbonyl (C=O) groups is 1. The molecule has 0 unspecified atom stereocenters. The summed E-state index contributed by atoms with van der Waals surface area (Å²) in [6.07, 6.45) is 11.9. The summed E-state index contributed by atoms with van der Waals surface area (Å²) in [7, 11) is 1.43. The fraction of sp³-hybridized carbons (Fsp3) is 0.188. The molecule has 98 valence electrons. The first-order valence-electron chi connectivity index (χ1n) is 6.07. The Hall–Kier alpha value is -1.36. The van der Waals surface area contributed by atoms with Crippen LogP contribution in [0.15, 0.2) is 60.7 Å². The topological polar surface area (TPSA) is 26.3 Å². The number of hydrogen-bond donors (Lipinski definition) is 0. The Balaban J connectivity index is 2.35. The average molecular weight is 366 g/mol. The second-order valence-corrected chi connectivity index (χ2v) is 5.53. The molecule has 19 heavy (non-hydrogen) atoms. The van der Waals surface area contributed by atoms with Gasteiger partial charge in [-0.05, 0) is 40.3 Å². The molecule has 1 aliphatic carbocycles. The minimum absolute atomic E-state index is 0.0162. The van der Waals surface area contributed by atoms with Crippen molar-refractivity contribution >= 4 is 28.6 Å². The van der Waals surface area contributed by atoms with Gasteiger partial charge in [-0.15, -0.1) is 0 Å². The molecule has 0 spiro atoms. The number of hydrogen-bond acceptors (Lipinski definition) is 2. The van der Waals surface area contributed by atoms with Gasteiger partial charge in [-0.25, -0.2) is 0 Å². The van der Waals surface area contributed by atoms with Gasteiger partial charge in [0.15, 0.2) is 0 Å². The Bertz CT molecular complexity index is 510. The van der Waals surface area contributed by atoms with Crippen molar-refractivity contribution in [3.8, 4) is 0 Å². The molecule has 1 atom stereocenters. The lowest BCUT2D eigenvalue weighted by Crippen LogP contribution is -2.20. The molecule has 3 heteroatoms. The second-order valence-electron chi connectivity index (χ2n) is 4.28. The monoisotopic (exact) mass is 366 g/mol. The average Bonchev–Trinajstić information content (AvgIpc) is 2.70. The van der Waals surface area contributed by atoms with Crippen LogP contribution in [0.5, 0.6) is 0 Å². The van der Waals surface area contributed by atoms with Crippen molar-refractivity contribution in [2.75, 3.05) is 7.11 Å². The van der Waals surface area contributed by atoms with E-state index in [2.05, 4.69) is 22.6 Å². The summed E-state index contributed by atoms with van der Waals surface area (Å²) in [6, 6.07) is 8.00.